The molecule has 1 aromatic rings. The lowest BCUT2D eigenvalue weighted by molar-refractivity contribution is 0.0954. The molecule has 0 spiro atoms. The topological polar surface area (TPSA) is 44.5 Å². The fourth-order valence-electron chi connectivity index (χ4n) is 2.09. The van der Waals surface area contributed by atoms with Gasteiger partial charge in [-0.15, -0.1) is 0 Å². The molecule has 1 aliphatic rings. The number of ether oxygens (including phenoxy) is 2. The summed E-state index contributed by atoms with van der Waals surface area (Å²) in [5, 5.41) is 0. The predicted octanol–water partition coefficient (Wildman–Crippen LogP) is 2.29. The van der Waals surface area contributed by atoms with Gasteiger partial charge in [-0.3, -0.25) is 0 Å². The van der Waals surface area contributed by atoms with Crippen LogP contribution in [0.5, 0.6) is 5.75 Å². The van der Waals surface area contributed by atoms with Gasteiger partial charge in [0.25, 0.3) is 0 Å². The largest absolute Gasteiger partial charge is 0.493 e. The second-order valence-electron chi connectivity index (χ2n) is 4.46. The highest BCUT2D eigenvalue weighted by Gasteiger charge is 2.21. The van der Waals surface area contributed by atoms with Gasteiger partial charge in [0, 0.05) is 24.0 Å². The highest BCUT2D eigenvalue weighted by Crippen LogP contribution is 2.33. The Morgan fingerprint density at radius 1 is 1.53 bits per heavy atom. The molecule has 2 unspecified atom stereocenters. The third-order valence-electron chi connectivity index (χ3n) is 3.26. The van der Waals surface area contributed by atoms with Crippen molar-refractivity contribution < 1.29 is 9.47 Å². The number of benzene rings is 1. The molecular formula is C13H18BrNO2. The fraction of sp³-hybridized carbons (Fsp3) is 0.538. The molecule has 0 saturated carbocycles. The van der Waals surface area contributed by atoms with Crippen molar-refractivity contribution in [3.05, 3.63) is 27.7 Å². The van der Waals surface area contributed by atoms with E-state index < -0.39 is 0 Å². The molecule has 1 aromatic carbocycles. The first-order valence-corrected chi connectivity index (χ1v) is 6.63. The number of rotatable bonds is 4. The van der Waals surface area contributed by atoms with Gasteiger partial charge in [-0.2, -0.15) is 0 Å². The summed E-state index contributed by atoms with van der Waals surface area (Å²) in [4.78, 5) is 0. The van der Waals surface area contributed by atoms with Crippen molar-refractivity contribution in [3.63, 3.8) is 0 Å². The fourth-order valence-corrected chi connectivity index (χ4v) is 2.64. The van der Waals surface area contributed by atoms with Crippen LogP contribution in [0.15, 0.2) is 16.6 Å². The second kappa shape index (κ2) is 5.38. The summed E-state index contributed by atoms with van der Waals surface area (Å²) in [6, 6.07) is 4.20. The lowest BCUT2D eigenvalue weighted by Crippen LogP contribution is -2.35. The van der Waals surface area contributed by atoms with Crippen molar-refractivity contribution in [2.45, 2.75) is 31.9 Å². The zero-order chi connectivity index (χ0) is 12.4. The quantitative estimate of drug-likeness (QED) is 0.928. The Labute approximate surface area is 110 Å². The van der Waals surface area contributed by atoms with Crippen LogP contribution in [0.25, 0.3) is 0 Å². The molecule has 2 rings (SSSR count). The molecule has 94 valence electrons. The zero-order valence-corrected chi connectivity index (χ0v) is 11.8. The van der Waals surface area contributed by atoms with Crippen molar-refractivity contribution in [1.29, 1.82) is 0 Å². The van der Waals surface area contributed by atoms with Gasteiger partial charge in [-0.05, 0) is 36.6 Å². The maximum absolute atomic E-state index is 6.11. The summed E-state index contributed by atoms with van der Waals surface area (Å²) >= 11 is 3.53. The maximum atomic E-state index is 6.11. The Kier molecular flexibility index (Phi) is 4.07. The monoisotopic (exact) mass is 299 g/mol. The van der Waals surface area contributed by atoms with Gasteiger partial charge in [-0.25, -0.2) is 0 Å². The molecule has 2 N–H and O–H groups in total. The van der Waals surface area contributed by atoms with Gasteiger partial charge in [0.05, 0.1) is 12.7 Å². The molecule has 17 heavy (non-hydrogen) atoms. The highest BCUT2D eigenvalue weighted by molar-refractivity contribution is 9.10. The third kappa shape index (κ3) is 2.81. The summed E-state index contributed by atoms with van der Waals surface area (Å²) in [6.07, 6.45) is 1.80. The van der Waals surface area contributed by atoms with Crippen LogP contribution in [-0.4, -0.2) is 25.9 Å². The maximum Gasteiger partial charge on any atom is 0.125 e. The second-order valence-corrected chi connectivity index (χ2v) is 5.38. The van der Waals surface area contributed by atoms with Crippen LogP contribution < -0.4 is 10.5 Å². The Balaban J connectivity index is 2.21. The SMILES string of the molecule is COC(C)C(N)Cc1cc(Br)cc2c1OCC2. The van der Waals surface area contributed by atoms with Crippen LogP contribution in [0.3, 0.4) is 0 Å². The average molecular weight is 300 g/mol. The smallest absolute Gasteiger partial charge is 0.125 e. The van der Waals surface area contributed by atoms with Crippen molar-refractivity contribution in [1.82, 2.24) is 0 Å². The molecule has 1 heterocycles. The number of hydrogen-bond donors (Lipinski definition) is 1. The Bertz CT molecular complexity index is 409. The predicted molar refractivity (Wildman–Crippen MR) is 71.5 cm³/mol. The lowest BCUT2D eigenvalue weighted by Gasteiger charge is -2.19. The van der Waals surface area contributed by atoms with Gasteiger partial charge in [-0.1, -0.05) is 15.9 Å². The average Bonchev–Trinajstić information content (AvgIpc) is 2.75. The van der Waals surface area contributed by atoms with E-state index >= 15 is 0 Å². The van der Waals surface area contributed by atoms with Gasteiger partial charge in [0.1, 0.15) is 5.75 Å². The van der Waals surface area contributed by atoms with Crippen LogP contribution in [0.4, 0.5) is 0 Å². The first-order chi connectivity index (χ1) is 8.11. The van der Waals surface area contributed by atoms with Crippen molar-refractivity contribution >= 4 is 15.9 Å². The summed E-state index contributed by atoms with van der Waals surface area (Å²) in [5.74, 6) is 1.02. The van der Waals surface area contributed by atoms with E-state index in [1.165, 1.54) is 11.1 Å². The van der Waals surface area contributed by atoms with E-state index in [9.17, 15) is 0 Å². The molecule has 0 aromatic heterocycles. The minimum Gasteiger partial charge on any atom is -0.493 e. The van der Waals surface area contributed by atoms with E-state index in [1.807, 2.05) is 6.92 Å². The standard InChI is InChI=1S/C13H18BrNO2/c1-8(16-2)12(15)7-10-6-11(14)5-9-3-4-17-13(9)10/h5-6,8,12H,3-4,7,15H2,1-2H3. The van der Waals surface area contributed by atoms with E-state index in [0.29, 0.717) is 0 Å². The van der Waals surface area contributed by atoms with Crippen LogP contribution in [0.1, 0.15) is 18.1 Å². The third-order valence-corrected chi connectivity index (χ3v) is 3.71. The Morgan fingerprint density at radius 3 is 3.00 bits per heavy atom. The first kappa shape index (κ1) is 12.9. The summed E-state index contributed by atoms with van der Waals surface area (Å²) in [6.45, 7) is 2.76. The van der Waals surface area contributed by atoms with Gasteiger partial charge >= 0.3 is 0 Å². The lowest BCUT2D eigenvalue weighted by atomic mass is 9.99. The van der Waals surface area contributed by atoms with Gasteiger partial charge < -0.3 is 15.2 Å². The molecular weight excluding hydrogens is 282 g/mol. The molecule has 0 amide bonds. The molecule has 0 fully saturated rings. The van der Waals surface area contributed by atoms with E-state index in [2.05, 4.69) is 28.1 Å². The molecule has 4 heteroatoms. The van der Waals surface area contributed by atoms with Crippen LogP contribution >= 0.6 is 15.9 Å². The van der Waals surface area contributed by atoms with Crippen molar-refractivity contribution in [2.24, 2.45) is 5.73 Å². The summed E-state index contributed by atoms with van der Waals surface area (Å²) in [5.41, 5.74) is 8.55. The molecule has 2 atom stereocenters. The van der Waals surface area contributed by atoms with Gasteiger partial charge in [0.15, 0.2) is 0 Å². The Morgan fingerprint density at radius 2 is 2.29 bits per heavy atom. The normalized spacial score (nSPS) is 17.4. The van der Waals surface area contributed by atoms with E-state index in [0.717, 1.165) is 29.7 Å². The molecule has 0 saturated heterocycles. The molecule has 0 radical (unpaired) electrons. The zero-order valence-electron chi connectivity index (χ0n) is 10.2. The highest BCUT2D eigenvalue weighted by atomic mass is 79.9. The van der Waals surface area contributed by atoms with Crippen LogP contribution in [-0.2, 0) is 17.6 Å². The van der Waals surface area contributed by atoms with E-state index in [4.69, 9.17) is 15.2 Å². The van der Waals surface area contributed by atoms with E-state index in [-0.39, 0.29) is 12.1 Å². The van der Waals surface area contributed by atoms with Crippen molar-refractivity contribution in [3.8, 4) is 5.75 Å². The minimum absolute atomic E-state index is 0.0115. The molecule has 3 nitrogen and oxygen atoms in total. The number of halogens is 1. The minimum atomic E-state index is -0.0115. The van der Waals surface area contributed by atoms with Crippen LogP contribution in [0.2, 0.25) is 0 Å². The first-order valence-electron chi connectivity index (χ1n) is 5.84. The molecule has 0 aliphatic carbocycles. The molecule has 0 bridgehead atoms. The Hall–Kier alpha value is -0.580. The van der Waals surface area contributed by atoms with Gasteiger partial charge in [0.2, 0.25) is 0 Å². The number of hydrogen-bond acceptors (Lipinski definition) is 3. The summed E-state index contributed by atoms with van der Waals surface area (Å²) in [7, 11) is 1.69. The number of methoxy groups -OCH3 is 1. The molecule has 1 aliphatic heterocycles. The number of fused-ring (bicyclic) bond motifs is 1. The van der Waals surface area contributed by atoms with Crippen molar-refractivity contribution in [2.75, 3.05) is 13.7 Å². The van der Waals surface area contributed by atoms with E-state index in [1.54, 1.807) is 7.11 Å². The summed E-state index contributed by atoms with van der Waals surface area (Å²) < 4.78 is 12.0. The number of nitrogens with two attached hydrogens (primary N) is 1. The van der Waals surface area contributed by atoms with Crippen LogP contribution in [0, 0.1) is 0 Å².